The molecular formula is C45H56N8O5. The summed E-state index contributed by atoms with van der Waals surface area (Å²) in [7, 11) is 0. The molecule has 0 spiro atoms. The minimum absolute atomic E-state index is 0.000187. The van der Waals surface area contributed by atoms with Crippen molar-refractivity contribution in [3.63, 3.8) is 0 Å². The Morgan fingerprint density at radius 2 is 1.57 bits per heavy atom. The number of primary amides is 1. The van der Waals surface area contributed by atoms with Crippen molar-refractivity contribution in [3.8, 4) is 22.5 Å². The highest BCUT2D eigenvalue weighted by Gasteiger charge is 2.27. The Morgan fingerprint density at radius 1 is 0.862 bits per heavy atom. The van der Waals surface area contributed by atoms with Crippen LogP contribution in [0, 0.1) is 20.8 Å². The first-order valence-corrected chi connectivity index (χ1v) is 20.2. The number of unbranched alkanes of at least 4 members (excludes halogenated alkanes) is 2. The van der Waals surface area contributed by atoms with Gasteiger partial charge in [-0.15, -0.1) is 0 Å². The SMILES string of the molecule is CCCCc1ccc(-c2nc(C)c(C(=O)N[C@@H](CCN)C(=O)Nc3c(C)cc4cc3-c3cccc(c3)CC(=O)NCC(=O)NC(C(N)=O)C4)c(C)n2)cc1CCCC. The highest BCUT2D eigenvalue weighted by atomic mass is 16.2. The van der Waals surface area contributed by atoms with Gasteiger partial charge in [-0.25, -0.2) is 9.97 Å². The molecule has 0 saturated carbocycles. The van der Waals surface area contributed by atoms with Crippen LogP contribution in [0.1, 0.15) is 95.5 Å². The number of amides is 5. The first kappa shape index (κ1) is 43.2. The summed E-state index contributed by atoms with van der Waals surface area (Å²) in [6.07, 6.45) is 6.69. The molecule has 1 aliphatic rings. The molecule has 0 aliphatic carbocycles. The van der Waals surface area contributed by atoms with Crippen molar-refractivity contribution in [1.82, 2.24) is 25.9 Å². The number of nitrogens with two attached hydrogens (primary N) is 2. The second-order valence-corrected chi connectivity index (χ2v) is 15.1. The first-order chi connectivity index (χ1) is 27.8. The van der Waals surface area contributed by atoms with Gasteiger partial charge in [0, 0.05) is 17.5 Å². The first-order valence-electron chi connectivity index (χ1n) is 20.2. The summed E-state index contributed by atoms with van der Waals surface area (Å²) >= 11 is 0. The number of rotatable bonds is 14. The highest BCUT2D eigenvalue weighted by molar-refractivity contribution is 6.04. The van der Waals surface area contributed by atoms with E-state index < -0.39 is 35.7 Å². The lowest BCUT2D eigenvalue weighted by atomic mass is 9.93. The molecule has 4 bridgehead atoms. The van der Waals surface area contributed by atoms with Gasteiger partial charge in [-0.3, -0.25) is 24.0 Å². The summed E-state index contributed by atoms with van der Waals surface area (Å²) in [5.41, 5.74) is 20.3. The molecule has 0 radical (unpaired) electrons. The normalized spacial score (nSPS) is 14.8. The maximum atomic E-state index is 14.1. The van der Waals surface area contributed by atoms with Gasteiger partial charge in [-0.1, -0.05) is 69.2 Å². The molecule has 5 amide bonds. The molecule has 3 aromatic carbocycles. The van der Waals surface area contributed by atoms with E-state index in [2.05, 4.69) is 53.3 Å². The van der Waals surface area contributed by atoms with Crippen LogP contribution in [0.25, 0.3) is 22.5 Å². The summed E-state index contributed by atoms with van der Waals surface area (Å²) < 4.78 is 0. The Labute approximate surface area is 340 Å². The lowest BCUT2D eigenvalue weighted by molar-refractivity contribution is -0.128. The van der Waals surface area contributed by atoms with Crippen molar-refractivity contribution in [2.75, 3.05) is 18.4 Å². The summed E-state index contributed by atoms with van der Waals surface area (Å²) in [5, 5.41) is 11.1. The van der Waals surface area contributed by atoms with Crippen molar-refractivity contribution in [1.29, 1.82) is 0 Å². The van der Waals surface area contributed by atoms with E-state index in [1.165, 1.54) is 11.1 Å². The van der Waals surface area contributed by atoms with E-state index in [1.54, 1.807) is 26.0 Å². The zero-order valence-corrected chi connectivity index (χ0v) is 34.2. The van der Waals surface area contributed by atoms with Gasteiger partial charge in [0.2, 0.25) is 23.6 Å². The fourth-order valence-corrected chi connectivity index (χ4v) is 7.38. The number of carbonyl (C=O) groups excluding carboxylic acids is 5. The zero-order chi connectivity index (χ0) is 41.9. The number of anilines is 1. The molecule has 1 unspecified atom stereocenters. The van der Waals surface area contributed by atoms with Gasteiger partial charge in [0.15, 0.2) is 5.82 Å². The Morgan fingerprint density at radius 3 is 2.24 bits per heavy atom. The average Bonchev–Trinajstić information content (AvgIpc) is 3.18. The van der Waals surface area contributed by atoms with Crippen LogP contribution in [-0.4, -0.2) is 64.7 Å². The van der Waals surface area contributed by atoms with E-state index in [9.17, 15) is 24.0 Å². The van der Waals surface area contributed by atoms with E-state index in [1.807, 2.05) is 31.2 Å². The Bertz CT molecular complexity index is 2160. The van der Waals surface area contributed by atoms with Gasteiger partial charge in [-0.2, -0.15) is 0 Å². The second kappa shape index (κ2) is 20.0. The number of hydrogen-bond donors (Lipinski definition) is 6. The van der Waals surface area contributed by atoms with Gasteiger partial charge >= 0.3 is 0 Å². The van der Waals surface area contributed by atoms with Crippen LogP contribution in [0.5, 0.6) is 0 Å². The number of fused-ring (bicyclic) bond motifs is 5. The number of nitrogens with one attached hydrogen (secondary N) is 4. The number of nitrogens with zero attached hydrogens (tertiary/aromatic N) is 2. The molecule has 2 heterocycles. The lowest BCUT2D eigenvalue weighted by Gasteiger charge is -2.23. The van der Waals surface area contributed by atoms with E-state index in [-0.39, 0.29) is 43.8 Å². The predicted octanol–water partition coefficient (Wildman–Crippen LogP) is 4.69. The molecule has 8 N–H and O–H groups in total. The number of aromatic nitrogens is 2. The summed E-state index contributed by atoms with van der Waals surface area (Å²) in [6, 6.07) is 15.3. The smallest absolute Gasteiger partial charge is 0.255 e. The van der Waals surface area contributed by atoms with Crippen molar-refractivity contribution in [3.05, 3.63) is 99.4 Å². The van der Waals surface area contributed by atoms with E-state index in [4.69, 9.17) is 21.4 Å². The Kier molecular flexibility index (Phi) is 14.9. The molecule has 0 fully saturated rings. The maximum Gasteiger partial charge on any atom is 0.255 e. The van der Waals surface area contributed by atoms with E-state index in [0.717, 1.165) is 44.1 Å². The minimum Gasteiger partial charge on any atom is -0.368 e. The second-order valence-electron chi connectivity index (χ2n) is 15.1. The van der Waals surface area contributed by atoms with Crippen molar-refractivity contribution >= 4 is 35.2 Å². The van der Waals surface area contributed by atoms with Gasteiger partial charge in [-0.05, 0) is 105 Å². The fourth-order valence-electron chi connectivity index (χ4n) is 7.38. The fraction of sp³-hybridized carbons (Fsp3) is 0.400. The monoisotopic (exact) mass is 788 g/mol. The Balaban J connectivity index is 1.44. The summed E-state index contributed by atoms with van der Waals surface area (Å²) in [5.74, 6) is -2.10. The number of benzene rings is 3. The molecule has 13 heteroatoms. The van der Waals surface area contributed by atoms with Crippen LogP contribution < -0.4 is 32.7 Å². The molecule has 4 aromatic rings. The van der Waals surface area contributed by atoms with Crippen LogP contribution in [0.2, 0.25) is 0 Å². The number of aryl methyl sites for hydroxylation is 5. The lowest BCUT2D eigenvalue weighted by Crippen LogP contribution is -2.49. The van der Waals surface area contributed by atoms with Crippen molar-refractivity contribution in [2.45, 2.75) is 104 Å². The third kappa shape index (κ3) is 10.9. The topological polar surface area (TPSA) is 211 Å². The quantitative estimate of drug-likeness (QED) is 0.105. The van der Waals surface area contributed by atoms with Gasteiger partial charge in [0.1, 0.15) is 12.1 Å². The van der Waals surface area contributed by atoms with Crippen LogP contribution in [-0.2, 0) is 44.9 Å². The van der Waals surface area contributed by atoms with Crippen molar-refractivity contribution < 1.29 is 24.0 Å². The van der Waals surface area contributed by atoms with Gasteiger partial charge < -0.3 is 32.7 Å². The van der Waals surface area contributed by atoms with Crippen LogP contribution >= 0.6 is 0 Å². The standard InChI is InChI=1S/C45H56N8O5/c1-6-8-12-31-15-16-34(24-32(31)13-9-7-2)43-49-27(4)40(28(5)50-43)45(58)52-36(17-18-46)44(57)53-41-26(3)19-30-21-35(41)33-14-10-11-29(20-33)23-38(54)48-25-39(55)51-37(22-30)42(47)56/h10-11,14-16,19-21,24,36-37H,6-9,12-13,17-18,22-23,25,46H2,1-5H3,(H2,47,56)(H,48,54)(H,51,55)(H,52,58)(H,53,57)/t36-,37?/m0/s1. The minimum atomic E-state index is -1.04. The molecule has 58 heavy (non-hydrogen) atoms. The summed E-state index contributed by atoms with van der Waals surface area (Å²) in [4.78, 5) is 75.3. The van der Waals surface area contributed by atoms with Gasteiger partial charge in [0.25, 0.3) is 5.91 Å². The predicted molar refractivity (Wildman–Crippen MR) is 226 cm³/mol. The maximum absolute atomic E-state index is 14.1. The molecule has 2 atom stereocenters. The average molecular weight is 789 g/mol. The van der Waals surface area contributed by atoms with Crippen molar-refractivity contribution in [2.24, 2.45) is 11.5 Å². The molecule has 306 valence electrons. The van der Waals surface area contributed by atoms with Crippen LogP contribution in [0.4, 0.5) is 5.69 Å². The zero-order valence-electron chi connectivity index (χ0n) is 34.2. The molecule has 0 saturated heterocycles. The third-order valence-electron chi connectivity index (χ3n) is 10.4. The Hall–Kier alpha value is -5.95. The molecule has 5 rings (SSSR count). The highest BCUT2D eigenvalue weighted by Crippen LogP contribution is 2.34. The number of carbonyl (C=O) groups is 5. The van der Waals surface area contributed by atoms with Crippen LogP contribution in [0.3, 0.4) is 0 Å². The van der Waals surface area contributed by atoms with Crippen LogP contribution in [0.15, 0.2) is 54.6 Å². The molecule has 1 aromatic heterocycles. The van der Waals surface area contributed by atoms with Gasteiger partial charge in [0.05, 0.1) is 35.6 Å². The third-order valence-corrected chi connectivity index (χ3v) is 10.4. The molecule has 1 aliphatic heterocycles. The van der Waals surface area contributed by atoms with E-state index >= 15 is 0 Å². The van der Waals surface area contributed by atoms with E-state index in [0.29, 0.717) is 50.7 Å². The molecular weight excluding hydrogens is 733 g/mol. The molecule has 13 nitrogen and oxygen atoms in total. The summed E-state index contributed by atoms with van der Waals surface area (Å²) in [6.45, 7) is 9.55. The number of hydrogen-bond acceptors (Lipinski definition) is 8. The largest absolute Gasteiger partial charge is 0.368 e.